The highest BCUT2D eigenvalue weighted by atomic mass is 16.6. The van der Waals surface area contributed by atoms with E-state index < -0.39 is 21.7 Å². The van der Waals surface area contributed by atoms with Crippen molar-refractivity contribution in [3.8, 4) is 5.75 Å². The normalized spacial score (nSPS) is 10.5. The van der Waals surface area contributed by atoms with Gasteiger partial charge in [0.2, 0.25) is 0 Å². The summed E-state index contributed by atoms with van der Waals surface area (Å²) in [5, 5.41) is 27.7. The fourth-order valence-electron chi connectivity index (χ4n) is 2.63. The van der Waals surface area contributed by atoms with Crippen LogP contribution in [0.1, 0.15) is 15.9 Å². The number of benzene rings is 3. The molecule has 3 aromatic rings. The Bertz CT molecular complexity index is 1220. The zero-order chi connectivity index (χ0) is 24.5. The zero-order valence-corrected chi connectivity index (χ0v) is 17.4. The molecule has 0 unspecified atom stereocenters. The third-order valence-corrected chi connectivity index (χ3v) is 4.33. The molecule has 0 radical (unpaired) electrons. The monoisotopic (exact) mass is 463 g/mol. The number of carbonyl (C=O) groups excluding carboxylic acids is 2. The van der Waals surface area contributed by atoms with E-state index in [1.807, 2.05) is 0 Å². The van der Waals surface area contributed by atoms with Gasteiger partial charge in [-0.05, 0) is 54.1 Å². The van der Waals surface area contributed by atoms with E-state index in [0.717, 1.165) is 0 Å². The number of hydrogen-bond donors (Lipinski definition) is 2. The van der Waals surface area contributed by atoms with E-state index in [4.69, 9.17) is 4.74 Å². The number of carbonyl (C=O) groups is 2. The molecule has 2 N–H and O–H groups in total. The first-order chi connectivity index (χ1) is 16.3. The largest absolute Gasteiger partial charge is 0.484 e. The summed E-state index contributed by atoms with van der Waals surface area (Å²) >= 11 is 0. The molecule has 0 spiro atoms. The third kappa shape index (κ3) is 6.68. The van der Waals surface area contributed by atoms with Crippen LogP contribution in [-0.2, 0) is 4.79 Å². The molecule has 0 saturated carbocycles. The molecule has 12 heteroatoms. The smallest absolute Gasteiger partial charge is 0.271 e. The molecule has 2 amide bonds. The number of anilines is 1. The van der Waals surface area contributed by atoms with Crippen molar-refractivity contribution in [1.29, 1.82) is 0 Å². The Hall–Kier alpha value is -5.13. The Morgan fingerprint density at radius 2 is 1.41 bits per heavy atom. The van der Waals surface area contributed by atoms with E-state index in [1.165, 1.54) is 54.7 Å². The minimum Gasteiger partial charge on any atom is -0.484 e. The summed E-state index contributed by atoms with van der Waals surface area (Å²) in [7, 11) is 0. The molecular formula is C22H17N5O7. The van der Waals surface area contributed by atoms with Crippen LogP contribution >= 0.6 is 0 Å². The van der Waals surface area contributed by atoms with Gasteiger partial charge in [0.15, 0.2) is 6.61 Å². The Morgan fingerprint density at radius 3 is 1.97 bits per heavy atom. The second-order valence-corrected chi connectivity index (χ2v) is 6.71. The molecule has 3 rings (SSSR count). The molecule has 0 atom stereocenters. The quantitative estimate of drug-likeness (QED) is 0.279. The zero-order valence-electron chi connectivity index (χ0n) is 17.4. The first-order valence-electron chi connectivity index (χ1n) is 9.67. The summed E-state index contributed by atoms with van der Waals surface area (Å²) < 4.78 is 5.40. The van der Waals surface area contributed by atoms with Crippen LogP contribution in [0.5, 0.6) is 5.75 Å². The van der Waals surface area contributed by atoms with Crippen LogP contribution in [0.2, 0.25) is 0 Å². The number of ether oxygens (including phenoxy) is 1. The predicted molar refractivity (Wildman–Crippen MR) is 122 cm³/mol. The number of hydrazone groups is 1. The van der Waals surface area contributed by atoms with Gasteiger partial charge in [-0.15, -0.1) is 0 Å². The van der Waals surface area contributed by atoms with Gasteiger partial charge in [-0.1, -0.05) is 0 Å². The molecule has 0 bridgehead atoms. The Balaban J connectivity index is 1.45. The van der Waals surface area contributed by atoms with Gasteiger partial charge >= 0.3 is 0 Å². The molecule has 0 aliphatic heterocycles. The maximum Gasteiger partial charge on any atom is 0.271 e. The Morgan fingerprint density at radius 1 is 0.853 bits per heavy atom. The molecule has 12 nitrogen and oxygen atoms in total. The maximum absolute atomic E-state index is 12.0. The topological polar surface area (TPSA) is 166 Å². The van der Waals surface area contributed by atoms with Gasteiger partial charge in [-0.2, -0.15) is 5.10 Å². The van der Waals surface area contributed by atoms with Crippen molar-refractivity contribution in [2.24, 2.45) is 5.10 Å². The van der Waals surface area contributed by atoms with E-state index in [1.54, 1.807) is 24.3 Å². The van der Waals surface area contributed by atoms with Gasteiger partial charge in [0.25, 0.3) is 23.2 Å². The molecule has 0 fully saturated rings. The van der Waals surface area contributed by atoms with E-state index in [0.29, 0.717) is 17.0 Å². The fourth-order valence-corrected chi connectivity index (χ4v) is 2.63. The minimum absolute atomic E-state index is 0.0798. The molecule has 3 aromatic carbocycles. The average Bonchev–Trinajstić information content (AvgIpc) is 2.84. The van der Waals surface area contributed by atoms with Crippen molar-refractivity contribution in [3.05, 3.63) is 104 Å². The average molecular weight is 463 g/mol. The van der Waals surface area contributed by atoms with Crippen LogP contribution in [0, 0.1) is 20.2 Å². The first kappa shape index (κ1) is 23.5. The lowest BCUT2D eigenvalue weighted by atomic mass is 10.2. The number of nitro benzene ring substituents is 2. The number of nitrogens with zero attached hydrogens (tertiary/aromatic N) is 3. The lowest BCUT2D eigenvalue weighted by molar-refractivity contribution is -0.385. The van der Waals surface area contributed by atoms with Gasteiger partial charge in [0, 0.05) is 35.5 Å². The highest BCUT2D eigenvalue weighted by Crippen LogP contribution is 2.16. The van der Waals surface area contributed by atoms with Crippen molar-refractivity contribution < 1.29 is 24.2 Å². The van der Waals surface area contributed by atoms with Gasteiger partial charge in [0.1, 0.15) is 5.75 Å². The molecule has 172 valence electrons. The summed E-state index contributed by atoms with van der Waals surface area (Å²) in [6.07, 6.45) is 1.40. The van der Waals surface area contributed by atoms with Crippen LogP contribution in [0.15, 0.2) is 77.9 Å². The van der Waals surface area contributed by atoms with Crippen LogP contribution in [-0.4, -0.2) is 34.5 Å². The molecule has 0 saturated heterocycles. The first-order valence-corrected chi connectivity index (χ1v) is 9.67. The van der Waals surface area contributed by atoms with Gasteiger partial charge in [0.05, 0.1) is 16.1 Å². The SMILES string of the molecule is O=C(COc1ccc(/C=N/NC(=O)c2ccc([N+](=O)[O-])cc2)cc1)Nc1ccc([N+](=O)[O-])cc1. The lowest BCUT2D eigenvalue weighted by Crippen LogP contribution is -2.20. The Labute approximate surface area is 192 Å². The number of rotatable bonds is 9. The van der Waals surface area contributed by atoms with E-state index >= 15 is 0 Å². The molecule has 0 aromatic heterocycles. The maximum atomic E-state index is 12.0. The van der Waals surface area contributed by atoms with Gasteiger partial charge in [-0.3, -0.25) is 29.8 Å². The Kier molecular flexibility index (Phi) is 7.58. The van der Waals surface area contributed by atoms with Gasteiger partial charge in [-0.25, -0.2) is 5.43 Å². The third-order valence-electron chi connectivity index (χ3n) is 4.33. The second-order valence-electron chi connectivity index (χ2n) is 6.71. The molecule has 0 aliphatic rings. The number of non-ortho nitro benzene ring substituents is 2. The summed E-state index contributed by atoms with van der Waals surface area (Å²) in [6, 6.07) is 17.0. The van der Waals surface area contributed by atoms with Crippen molar-refractivity contribution in [3.63, 3.8) is 0 Å². The summed E-state index contributed by atoms with van der Waals surface area (Å²) in [4.78, 5) is 44.2. The van der Waals surface area contributed by atoms with Crippen LogP contribution in [0.4, 0.5) is 17.1 Å². The second kappa shape index (κ2) is 10.9. The van der Waals surface area contributed by atoms with E-state index in [-0.39, 0.29) is 23.5 Å². The van der Waals surface area contributed by atoms with Crippen molar-refractivity contribution in [1.82, 2.24) is 5.43 Å². The number of amides is 2. The summed E-state index contributed by atoms with van der Waals surface area (Å²) in [5.41, 5.74) is 3.39. The molecule has 0 aliphatic carbocycles. The highest BCUT2D eigenvalue weighted by Gasteiger charge is 2.09. The number of hydrogen-bond acceptors (Lipinski definition) is 8. The van der Waals surface area contributed by atoms with Crippen LogP contribution < -0.4 is 15.5 Å². The van der Waals surface area contributed by atoms with Crippen molar-refractivity contribution in [2.45, 2.75) is 0 Å². The van der Waals surface area contributed by atoms with E-state index in [2.05, 4.69) is 15.8 Å². The predicted octanol–water partition coefficient (Wildman–Crippen LogP) is 3.28. The molecule has 34 heavy (non-hydrogen) atoms. The number of nitrogens with one attached hydrogen (secondary N) is 2. The molecule has 0 heterocycles. The van der Waals surface area contributed by atoms with Crippen molar-refractivity contribution >= 4 is 35.1 Å². The van der Waals surface area contributed by atoms with Crippen molar-refractivity contribution in [2.75, 3.05) is 11.9 Å². The van der Waals surface area contributed by atoms with Gasteiger partial charge < -0.3 is 10.1 Å². The highest BCUT2D eigenvalue weighted by molar-refractivity contribution is 5.95. The van der Waals surface area contributed by atoms with Crippen LogP contribution in [0.3, 0.4) is 0 Å². The minimum atomic E-state index is -0.557. The fraction of sp³-hybridized carbons (Fsp3) is 0.0455. The van der Waals surface area contributed by atoms with E-state index in [9.17, 15) is 29.8 Å². The lowest BCUT2D eigenvalue weighted by Gasteiger charge is -2.07. The summed E-state index contributed by atoms with van der Waals surface area (Å²) in [5.74, 6) is -0.538. The standard InChI is InChI=1S/C22H17N5O7/c28-21(24-17-5-9-19(10-6-17)27(32)33)14-34-20-11-1-15(2-12-20)13-23-25-22(29)16-3-7-18(8-4-16)26(30)31/h1-13H,14H2,(H,24,28)(H,25,29)/b23-13+. The number of nitro groups is 2. The summed E-state index contributed by atoms with van der Waals surface area (Å²) in [6.45, 7) is -0.268. The van der Waals surface area contributed by atoms with Crippen LogP contribution in [0.25, 0.3) is 0 Å². The molecular weight excluding hydrogens is 446 g/mol.